The summed E-state index contributed by atoms with van der Waals surface area (Å²) in [6.07, 6.45) is 2.47. The summed E-state index contributed by atoms with van der Waals surface area (Å²) in [5.74, 6) is -8.25. The molecule has 10 atom stereocenters. The number of carbonyl (C=O) groups excluding carboxylic acids is 10. The van der Waals surface area contributed by atoms with Gasteiger partial charge in [0.05, 0.1) is 19.6 Å². The minimum absolute atomic E-state index is 0.0207. The summed E-state index contributed by atoms with van der Waals surface area (Å²) in [5, 5.41) is 29.7. The third kappa shape index (κ3) is 18.7. The molecule has 16 N–H and O–H groups in total. The van der Waals surface area contributed by atoms with E-state index >= 15 is 4.79 Å². The Labute approximate surface area is 474 Å². The average molecular weight is 1150 g/mol. The van der Waals surface area contributed by atoms with Gasteiger partial charge in [0.15, 0.2) is 0 Å². The van der Waals surface area contributed by atoms with Crippen LogP contribution in [-0.4, -0.2) is 154 Å². The Hall–Kier alpha value is -6.64. The van der Waals surface area contributed by atoms with E-state index in [-0.39, 0.29) is 50.9 Å². The predicted molar refractivity (Wildman–Crippen MR) is 302 cm³/mol. The molecule has 5 rings (SSSR count). The molecule has 2 saturated heterocycles. The maximum atomic E-state index is 15.0. The van der Waals surface area contributed by atoms with Crippen LogP contribution in [0.3, 0.4) is 0 Å². The van der Waals surface area contributed by atoms with Crippen molar-refractivity contribution in [2.45, 2.75) is 170 Å². The topological polar surface area (TPSA) is 392 Å². The van der Waals surface area contributed by atoms with Crippen molar-refractivity contribution in [1.29, 1.82) is 0 Å². The largest absolute Gasteiger partial charge is 0.497 e. The van der Waals surface area contributed by atoms with Crippen LogP contribution < -0.4 is 64.9 Å². The third-order valence-electron chi connectivity index (χ3n) is 14.7. The van der Waals surface area contributed by atoms with Crippen LogP contribution >= 0.6 is 21.6 Å². The highest BCUT2D eigenvalue weighted by atomic mass is 33.1. The Balaban J connectivity index is 1.48. The number of carbonyl (C=O) groups is 10. The summed E-state index contributed by atoms with van der Waals surface area (Å²) in [4.78, 5) is 141. The van der Waals surface area contributed by atoms with Gasteiger partial charge in [-0.2, -0.15) is 0 Å². The average Bonchev–Trinajstić information content (AvgIpc) is 3.93. The fraction of sp³-hybridized carbons (Fsp3) is 0.593. The molecule has 26 heteroatoms. The van der Waals surface area contributed by atoms with E-state index in [2.05, 4.69) is 37.2 Å². The first-order chi connectivity index (χ1) is 38.1. The highest BCUT2D eigenvalue weighted by molar-refractivity contribution is 8.77. The van der Waals surface area contributed by atoms with Crippen LogP contribution in [0.2, 0.25) is 0 Å². The maximum Gasteiger partial charge on any atom is 0.246 e. The second kappa shape index (κ2) is 30.8. The Kier molecular flexibility index (Phi) is 24.7. The van der Waals surface area contributed by atoms with Crippen LogP contribution in [-0.2, 0) is 60.8 Å². The molecule has 3 fully saturated rings. The molecule has 0 aromatic heterocycles. The zero-order chi connectivity index (χ0) is 58.7. The van der Waals surface area contributed by atoms with E-state index in [0.717, 1.165) is 19.3 Å². The first kappa shape index (κ1) is 64.2. The van der Waals surface area contributed by atoms with Crippen molar-refractivity contribution in [2.24, 2.45) is 23.1 Å². The van der Waals surface area contributed by atoms with Crippen molar-refractivity contribution in [3.63, 3.8) is 0 Å². The SMILES string of the molecule is CC[C@H](C)[C@@H]1NC(=O)[C@H](Cc2ccc(OC)cc2)NC(=O)CC2(CCCCC2)SSC[C@@H](C(=O)N2CCC[C@H]2C(=O)N[C@@H](CCCN)C(=O)N[C@@H](Cc2ccc(N)cc2)C(N)=O)NC(=O)[C@H](CC(N)=O)NC(=O)[C@H]([C@@H](C)O)NC1=O. The number of nitrogens with two attached hydrogens (primary N) is 4. The lowest BCUT2D eigenvalue weighted by Crippen LogP contribution is -2.63. The molecule has 2 aliphatic heterocycles. The Morgan fingerprint density at radius 3 is 2.05 bits per heavy atom. The monoisotopic (exact) mass is 1150 g/mol. The number of rotatable bonds is 19. The molecule has 1 spiro atoms. The zero-order valence-corrected chi connectivity index (χ0v) is 47.6. The molecule has 2 heterocycles. The molecule has 0 radical (unpaired) electrons. The molecule has 440 valence electrons. The number of anilines is 1. The molecule has 24 nitrogen and oxygen atoms in total. The van der Waals surface area contributed by atoms with E-state index in [4.69, 9.17) is 27.7 Å². The number of nitrogens with zero attached hydrogens (tertiary/aromatic N) is 1. The van der Waals surface area contributed by atoms with Gasteiger partial charge < -0.3 is 74.9 Å². The molecule has 1 aliphatic carbocycles. The second-order valence-electron chi connectivity index (χ2n) is 20.9. The number of aliphatic hydroxyl groups is 1. The van der Waals surface area contributed by atoms with Crippen molar-refractivity contribution in [2.75, 3.05) is 31.7 Å². The molecular weight excluding hydrogens is 1070 g/mol. The van der Waals surface area contributed by atoms with Gasteiger partial charge >= 0.3 is 0 Å². The van der Waals surface area contributed by atoms with E-state index in [9.17, 15) is 48.3 Å². The van der Waals surface area contributed by atoms with Crippen LogP contribution in [0, 0.1) is 5.92 Å². The lowest BCUT2D eigenvalue weighted by molar-refractivity contribution is -0.142. The Bertz CT molecular complexity index is 2500. The van der Waals surface area contributed by atoms with Crippen LogP contribution in [0.5, 0.6) is 5.75 Å². The van der Waals surface area contributed by atoms with Gasteiger partial charge in [-0.3, -0.25) is 47.9 Å². The first-order valence-corrected chi connectivity index (χ1v) is 29.5. The number of nitrogens with one attached hydrogen (secondary N) is 7. The van der Waals surface area contributed by atoms with Gasteiger partial charge in [-0.05, 0) is 93.3 Å². The number of primary amides is 2. The Morgan fingerprint density at radius 2 is 1.44 bits per heavy atom. The minimum atomic E-state index is -1.75. The third-order valence-corrected chi connectivity index (χ3v) is 18.0. The number of hydrogen-bond acceptors (Lipinski definition) is 16. The summed E-state index contributed by atoms with van der Waals surface area (Å²) >= 11 is 0. The van der Waals surface area contributed by atoms with Crippen LogP contribution in [0.4, 0.5) is 5.69 Å². The smallest absolute Gasteiger partial charge is 0.246 e. The Morgan fingerprint density at radius 1 is 0.800 bits per heavy atom. The molecule has 2 aromatic rings. The number of likely N-dealkylation sites (tertiary alicyclic amines) is 1. The summed E-state index contributed by atoms with van der Waals surface area (Å²) < 4.78 is 4.60. The van der Waals surface area contributed by atoms with Gasteiger partial charge in [0.1, 0.15) is 54.1 Å². The highest BCUT2D eigenvalue weighted by Gasteiger charge is 2.43. The number of nitrogen functional groups attached to an aromatic ring is 1. The first-order valence-electron chi connectivity index (χ1n) is 27.2. The standard InChI is InChI=1S/C54H80N12O12S2/c1-5-30(2)44-51(75)65-45(31(3)67)52(76)62-39(27-42(57)68)48(72)63-40(29-79-80-54(21-7-6-8-22-54)28-43(69)59-38(49(73)64-44)26-33-15-19-35(78-4)20-16-33)53(77)66-24-10-12-41(66)50(74)60-36(11-9-23-55)47(71)61-37(46(58)70)25-32-13-17-34(56)18-14-32/h13-20,30-31,36-41,44-45,67H,5-12,21-29,55-56H2,1-4H3,(H2,57,68)(H2,58,70)(H,59,69)(H,60,74)(H,61,71)(H,62,76)(H,63,72)(H,64,73)(H,65,75)/t30-,31+,36-,37-,38-,39-,40-,41-,44-,45-/m0/s1. The lowest BCUT2D eigenvalue weighted by Gasteiger charge is -2.37. The molecule has 80 heavy (non-hydrogen) atoms. The molecule has 0 bridgehead atoms. The van der Waals surface area contributed by atoms with Crippen molar-refractivity contribution >= 4 is 86.3 Å². The van der Waals surface area contributed by atoms with E-state index in [1.165, 1.54) is 40.5 Å². The fourth-order valence-electron chi connectivity index (χ4n) is 9.93. The van der Waals surface area contributed by atoms with E-state index in [1.807, 2.05) is 0 Å². The number of benzene rings is 2. The summed E-state index contributed by atoms with van der Waals surface area (Å²) in [6, 6.07) is 2.63. The van der Waals surface area contributed by atoms with Crippen molar-refractivity contribution in [1.82, 2.24) is 42.1 Å². The number of ether oxygens (including phenoxy) is 1. The van der Waals surface area contributed by atoms with Crippen LogP contribution in [0.1, 0.15) is 109 Å². The molecule has 0 unspecified atom stereocenters. The second-order valence-corrected chi connectivity index (χ2v) is 23.8. The molecular formula is C54H80N12O12S2. The number of amides is 10. The van der Waals surface area contributed by atoms with E-state index < -0.39 is 131 Å². The van der Waals surface area contributed by atoms with Gasteiger partial charge in [0, 0.05) is 42.0 Å². The number of methoxy groups -OCH3 is 1. The summed E-state index contributed by atoms with van der Waals surface area (Å²) in [6.45, 7) is 4.91. The molecule has 3 aliphatic rings. The zero-order valence-electron chi connectivity index (χ0n) is 45.9. The summed E-state index contributed by atoms with van der Waals surface area (Å²) in [5.41, 5.74) is 24.8. The molecule has 10 amide bonds. The van der Waals surface area contributed by atoms with E-state index in [1.54, 1.807) is 62.4 Å². The van der Waals surface area contributed by atoms with Gasteiger partial charge in [0.2, 0.25) is 59.1 Å². The van der Waals surface area contributed by atoms with Crippen LogP contribution in [0.25, 0.3) is 0 Å². The van der Waals surface area contributed by atoms with Crippen molar-refractivity contribution in [3.8, 4) is 5.75 Å². The van der Waals surface area contributed by atoms with Crippen molar-refractivity contribution < 1.29 is 57.8 Å². The minimum Gasteiger partial charge on any atom is -0.497 e. The van der Waals surface area contributed by atoms with Gasteiger partial charge in [-0.25, -0.2) is 0 Å². The quantitative estimate of drug-likeness (QED) is 0.0621. The summed E-state index contributed by atoms with van der Waals surface area (Å²) in [7, 11) is 4.07. The van der Waals surface area contributed by atoms with Gasteiger partial charge in [0.25, 0.3) is 0 Å². The molecule has 1 saturated carbocycles. The van der Waals surface area contributed by atoms with Gasteiger partial charge in [-0.15, -0.1) is 0 Å². The van der Waals surface area contributed by atoms with Crippen molar-refractivity contribution in [3.05, 3.63) is 59.7 Å². The number of aliphatic hydroxyl groups excluding tert-OH is 1. The van der Waals surface area contributed by atoms with Gasteiger partial charge in [-0.1, -0.05) is 85.4 Å². The predicted octanol–water partition coefficient (Wildman–Crippen LogP) is -0.538. The maximum absolute atomic E-state index is 15.0. The van der Waals surface area contributed by atoms with Crippen LogP contribution in [0.15, 0.2) is 48.5 Å². The highest BCUT2D eigenvalue weighted by Crippen LogP contribution is 2.48. The fourth-order valence-corrected chi connectivity index (χ4v) is 13.3. The molecule has 2 aromatic carbocycles. The van der Waals surface area contributed by atoms with E-state index in [0.29, 0.717) is 54.7 Å². The number of hydrogen-bond donors (Lipinski definition) is 12. The normalized spacial score (nSPS) is 24.0. The lowest BCUT2D eigenvalue weighted by atomic mass is 9.85.